The monoisotopic (exact) mass is 231 g/mol. The molecule has 0 aliphatic rings. The summed E-state index contributed by atoms with van der Waals surface area (Å²) in [6, 6.07) is 7.27. The summed E-state index contributed by atoms with van der Waals surface area (Å²) in [5.74, 6) is -0.434. The summed E-state index contributed by atoms with van der Waals surface area (Å²) in [5, 5.41) is 0. The minimum Gasteiger partial charge on any atom is -0.383 e. The third-order valence-electron chi connectivity index (χ3n) is 2.40. The lowest BCUT2D eigenvalue weighted by Gasteiger charge is -2.10. The molecule has 1 aromatic carbocycles. The second-order valence-electron chi connectivity index (χ2n) is 4.21. The Morgan fingerprint density at radius 2 is 1.76 bits per heavy atom. The Morgan fingerprint density at radius 3 is 2.24 bits per heavy atom. The van der Waals surface area contributed by atoms with Gasteiger partial charge in [0.25, 0.3) is 0 Å². The topological polar surface area (TPSA) is 37.4 Å². The van der Waals surface area contributed by atoms with Gasteiger partial charge in [-0.25, -0.2) is 0 Å². The maximum absolute atomic E-state index is 12.2. The van der Waals surface area contributed by atoms with Crippen molar-refractivity contribution >= 4 is 11.6 Å². The molecule has 17 heavy (non-hydrogen) atoms. The molecular formula is C14H17NO2. The van der Waals surface area contributed by atoms with Gasteiger partial charge < -0.3 is 4.90 Å². The lowest BCUT2D eigenvalue weighted by molar-refractivity contribution is -0.113. The molecule has 0 atom stereocenters. The van der Waals surface area contributed by atoms with E-state index in [2.05, 4.69) is 0 Å². The molecule has 3 heteroatoms. The molecule has 3 nitrogen and oxygen atoms in total. The first-order valence-corrected chi connectivity index (χ1v) is 5.43. The number of allylic oxidation sites excluding steroid dienone is 1. The van der Waals surface area contributed by atoms with Gasteiger partial charge in [-0.1, -0.05) is 24.3 Å². The Hall–Kier alpha value is -1.90. The molecule has 0 aliphatic carbocycles. The van der Waals surface area contributed by atoms with Crippen LogP contribution in [0, 0.1) is 6.92 Å². The Morgan fingerprint density at radius 1 is 1.18 bits per heavy atom. The van der Waals surface area contributed by atoms with E-state index in [1.807, 2.05) is 19.1 Å². The van der Waals surface area contributed by atoms with Crippen LogP contribution < -0.4 is 0 Å². The molecule has 0 amide bonds. The van der Waals surface area contributed by atoms with E-state index >= 15 is 0 Å². The van der Waals surface area contributed by atoms with E-state index in [0.717, 1.165) is 5.56 Å². The lowest BCUT2D eigenvalue weighted by Crippen LogP contribution is -2.16. The van der Waals surface area contributed by atoms with Crippen molar-refractivity contribution in [3.8, 4) is 0 Å². The van der Waals surface area contributed by atoms with E-state index in [1.54, 1.807) is 37.3 Å². The smallest absolute Gasteiger partial charge is 0.198 e. The van der Waals surface area contributed by atoms with Gasteiger partial charge in [-0.2, -0.15) is 0 Å². The molecule has 1 rings (SSSR count). The van der Waals surface area contributed by atoms with Crippen LogP contribution in [0.4, 0.5) is 0 Å². The normalized spacial score (nSPS) is 11.2. The summed E-state index contributed by atoms with van der Waals surface area (Å²) >= 11 is 0. The van der Waals surface area contributed by atoms with E-state index in [-0.39, 0.29) is 17.1 Å². The highest BCUT2D eigenvalue weighted by Gasteiger charge is 2.18. The van der Waals surface area contributed by atoms with Gasteiger partial charge in [0.15, 0.2) is 11.6 Å². The van der Waals surface area contributed by atoms with Gasteiger partial charge in [-0.15, -0.1) is 0 Å². The fraction of sp³-hybridized carbons (Fsp3) is 0.286. The van der Waals surface area contributed by atoms with Gasteiger partial charge in [-0.3, -0.25) is 9.59 Å². The summed E-state index contributed by atoms with van der Waals surface area (Å²) in [6.07, 6.45) is 1.57. The van der Waals surface area contributed by atoms with Crippen molar-refractivity contribution in [2.24, 2.45) is 0 Å². The average Bonchev–Trinajstić information content (AvgIpc) is 2.25. The van der Waals surface area contributed by atoms with Crippen LogP contribution in [0.25, 0.3) is 0 Å². The predicted molar refractivity (Wildman–Crippen MR) is 68.0 cm³/mol. The van der Waals surface area contributed by atoms with Crippen LogP contribution in [0.3, 0.4) is 0 Å². The Bertz CT molecular complexity index is 473. The van der Waals surface area contributed by atoms with Gasteiger partial charge in [0.2, 0.25) is 0 Å². The maximum atomic E-state index is 12.2. The first-order valence-electron chi connectivity index (χ1n) is 5.43. The standard InChI is InChI=1S/C14H17NO2/c1-10-7-5-6-8-12(10)14(17)13(11(2)16)9-15(3)4/h5-9H,1-4H3/b13-9-. The third kappa shape index (κ3) is 3.28. The Labute approximate surface area is 102 Å². The van der Waals surface area contributed by atoms with E-state index in [9.17, 15) is 9.59 Å². The third-order valence-corrected chi connectivity index (χ3v) is 2.40. The van der Waals surface area contributed by atoms with Gasteiger partial charge in [0, 0.05) is 25.9 Å². The zero-order chi connectivity index (χ0) is 13.0. The van der Waals surface area contributed by atoms with Crippen molar-refractivity contribution in [3.05, 3.63) is 47.2 Å². The summed E-state index contributed by atoms with van der Waals surface area (Å²) in [5.41, 5.74) is 1.67. The van der Waals surface area contributed by atoms with Crippen molar-refractivity contribution in [2.45, 2.75) is 13.8 Å². The van der Waals surface area contributed by atoms with Crippen LogP contribution in [-0.2, 0) is 4.79 Å². The highest BCUT2D eigenvalue weighted by molar-refractivity contribution is 6.25. The highest BCUT2D eigenvalue weighted by atomic mass is 16.1. The molecule has 0 unspecified atom stereocenters. The van der Waals surface area contributed by atoms with E-state index in [1.165, 1.54) is 6.92 Å². The number of rotatable bonds is 4. The number of nitrogens with zero attached hydrogens (tertiary/aromatic N) is 1. The fourth-order valence-electron chi connectivity index (χ4n) is 1.54. The van der Waals surface area contributed by atoms with E-state index < -0.39 is 0 Å². The van der Waals surface area contributed by atoms with Crippen molar-refractivity contribution in [1.82, 2.24) is 4.90 Å². The predicted octanol–water partition coefficient (Wildman–Crippen LogP) is 2.21. The lowest BCUT2D eigenvalue weighted by atomic mass is 9.97. The minimum atomic E-state index is -0.218. The van der Waals surface area contributed by atoms with E-state index in [0.29, 0.717) is 5.56 Å². The SMILES string of the molecule is CC(=O)/C(=C/N(C)C)C(=O)c1ccccc1C. The summed E-state index contributed by atoms with van der Waals surface area (Å²) in [4.78, 5) is 25.4. The molecule has 0 heterocycles. The molecule has 90 valence electrons. The number of aryl methyl sites for hydroxylation is 1. The van der Waals surface area contributed by atoms with Crippen LogP contribution >= 0.6 is 0 Å². The molecule has 0 saturated heterocycles. The molecule has 0 aromatic heterocycles. The highest BCUT2D eigenvalue weighted by Crippen LogP contribution is 2.14. The fourth-order valence-corrected chi connectivity index (χ4v) is 1.54. The molecule has 0 spiro atoms. The summed E-state index contributed by atoms with van der Waals surface area (Å²) in [6.45, 7) is 3.27. The van der Waals surface area contributed by atoms with Gasteiger partial charge in [-0.05, 0) is 19.4 Å². The molecule has 0 saturated carbocycles. The Kier molecular flexibility index (Phi) is 4.21. The van der Waals surface area contributed by atoms with E-state index in [4.69, 9.17) is 0 Å². The van der Waals surface area contributed by atoms with Crippen molar-refractivity contribution in [1.29, 1.82) is 0 Å². The van der Waals surface area contributed by atoms with Crippen LogP contribution in [-0.4, -0.2) is 30.6 Å². The number of hydrogen-bond acceptors (Lipinski definition) is 3. The molecule has 0 bridgehead atoms. The van der Waals surface area contributed by atoms with Crippen molar-refractivity contribution < 1.29 is 9.59 Å². The number of Topliss-reactive ketones (excluding diaryl/α,β-unsaturated/α-hetero) is 2. The number of ketones is 2. The molecule has 0 N–H and O–H groups in total. The van der Waals surface area contributed by atoms with Crippen LogP contribution in [0.5, 0.6) is 0 Å². The van der Waals surface area contributed by atoms with Gasteiger partial charge >= 0.3 is 0 Å². The summed E-state index contributed by atoms with van der Waals surface area (Å²) < 4.78 is 0. The zero-order valence-electron chi connectivity index (χ0n) is 10.7. The van der Waals surface area contributed by atoms with Crippen molar-refractivity contribution in [3.63, 3.8) is 0 Å². The first-order chi connectivity index (χ1) is 7.93. The number of carbonyl (C=O) groups excluding carboxylic acids is 2. The van der Waals surface area contributed by atoms with Crippen LogP contribution in [0.15, 0.2) is 36.0 Å². The molecular weight excluding hydrogens is 214 g/mol. The van der Waals surface area contributed by atoms with Gasteiger partial charge in [0.1, 0.15) is 0 Å². The molecule has 1 aromatic rings. The molecule has 0 fully saturated rings. The second-order valence-corrected chi connectivity index (χ2v) is 4.21. The zero-order valence-corrected chi connectivity index (χ0v) is 10.7. The number of hydrogen-bond donors (Lipinski definition) is 0. The first kappa shape index (κ1) is 13.2. The molecule has 0 radical (unpaired) electrons. The molecule has 0 aliphatic heterocycles. The quantitative estimate of drug-likeness (QED) is 0.345. The average molecular weight is 231 g/mol. The Balaban J connectivity index is 3.19. The minimum absolute atomic E-state index is 0.212. The van der Waals surface area contributed by atoms with Crippen LogP contribution in [0.2, 0.25) is 0 Å². The van der Waals surface area contributed by atoms with Crippen LogP contribution in [0.1, 0.15) is 22.8 Å². The maximum Gasteiger partial charge on any atom is 0.198 e. The number of benzene rings is 1. The summed E-state index contributed by atoms with van der Waals surface area (Å²) in [7, 11) is 3.57. The second kappa shape index (κ2) is 5.43. The largest absolute Gasteiger partial charge is 0.383 e. The van der Waals surface area contributed by atoms with Gasteiger partial charge in [0.05, 0.1) is 5.57 Å². The van der Waals surface area contributed by atoms with Crippen molar-refractivity contribution in [2.75, 3.05) is 14.1 Å². The number of carbonyl (C=O) groups is 2.